The van der Waals surface area contributed by atoms with Crippen molar-refractivity contribution in [3.8, 4) is 0 Å². The lowest BCUT2D eigenvalue weighted by molar-refractivity contribution is 0.134. The summed E-state index contributed by atoms with van der Waals surface area (Å²) in [6.07, 6.45) is 4.83. The van der Waals surface area contributed by atoms with Crippen molar-refractivity contribution < 1.29 is 4.74 Å². The Morgan fingerprint density at radius 2 is 2.06 bits per heavy atom. The number of hydrogen-bond donors (Lipinski definition) is 0. The first kappa shape index (κ1) is 11.9. The lowest BCUT2D eigenvalue weighted by Crippen LogP contribution is -1.93. The van der Waals surface area contributed by atoms with Gasteiger partial charge in [0.2, 0.25) is 0 Å². The molecule has 0 saturated heterocycles. The van der Waals surface area contributed by atoms with Crippen LogP contribution in [0, 0.1) is 0 Å². The van der Waals surface area contributed by atoms with Gasteiger partial charge >= 0.3 is 0 Å². The summed E-state index contributed by atoms with van der Waals surface area (Å²) in [4.78, 5) is 0. The average Bonchev–Trinajstić information content (AvgIpc) is 2.76. The van der Waals surface area contributed by atoms with Crippen LogP contribution in [0.3, 0.4) is 0 Å². The molecule has 1 nitrogen and oxygen atoms in total. The van der Waals surface area contributed by atoms with E-state index < -0.39 is 0 Å². The van der Waals surface area contributed by atoms with E-state index >= 15 is 0 Å². The second-order valence-electron chi connectivity index (χ2n) is 4.48. The van der Waals surface area contributed by atoms with Crippen LogP contribution in [-0.4, -0.2) is 0 Å². The van der Waals surface area contributed by atoms with E-state index in [1.54, 1.807) is 0 Å². The number of halogens is 1. The molecule has 0 N–H and O–H groups in total. The molecule has 0 saturated carbocycles. The summed E-state index contributed by atoms with van der Waals surface area (Å²) in [5, 5.41) is 0.164. The second kappa shape index (κ2) is 5.70. The Bertz CT molecular complexity index is 349. The maximum atomic E-state index is 6.40. The Hall–Kier alpha value is -0.530. The predicted octanol–water partition coefficient (Wildman–Crippen LogP) is 4.58. The molecule has 16 heavy (non-hydrogen) atoms. The molecule has 0 bridgehead atoms. The third-order valence-electron chi connectivity index (χ3n) is 3.17. The first-order valence-corrected chi connectivity index (χ1v) is 6.58. The van der Waals surface area contributed by atoms with Crippen molar-refractivity contribution in [2.75, 3.05) is 0 Å². The molecule has 1 atom stereocenters. The van der Waals surface area contributed by atoms with Crippen LogP contribution in [0.15, 0.2) is 18.2 Å². The van der Waals surface area contributed by atoms with Crippen LogP contribution in [0.5, 0.6) is 0 Å². The molecule has 0 fully saturated rings. The summed E-state index contributed by atoms with van der Waals surface area (Å²) in [6, 6.07) is 6.52. The number of rotatable bonds is 5. The van der Waals surface area contributed by atoms with Gasteiger partial charge in [-0.25, -0.2) is 0 Å². The third kappa shape index (κ3) is 2.78. The number of benzene rings is 1. The normalized spacial score (nSPS) is 16.1. The summed E-state index contributed by atoms with van der Waals surface area (Å²) >= 11 is 6.40. The zero-order chi connectivity index (χ0) is 11.4. The molecule has 0 amide bonds. The van der Waals surface area contributed by atoms with Gasteiger partial charge in [-0.1, -0.05) is 44.4 Å². The van der Waals surface area contributed by atoms with E-state index in [1.165, 1.54) is 36.0 Å². The smallest absolute Gasteiger partial charge is 0.0725 e. The lowest BCUT2D eigenvalue weighted by atomic mass is 10.0. The SMILES string of the molecule is CCCCCC(Cl)c1ccc2c(c1)COC2. The largest absolute Gasteiger partial charge is 0.372 e. The van der Waals surface area contributed by atoms with Gasteiger partial charge in [0.1, 0.15) is 0 Å². The Morgan fingerprint density at radius 1 is 1.25 bits per heavy atom. The highest BCUT2D eigenvalue weighted by atomic mass is 35.5. The van der Waals surface area contributed by atoms with Gasteiger partial charge in [0.15, 0.2) is 0 Å². The van der Waals surface area contributed by atoms with Crippen molar-refractivity contribution in [2.24, 2.45) is 0 Å². The minimum absolute atomic E-state index is 0.164. The summed E-state index contributed by atoms with van der Waals surface area (Å²) in [5.74, 6) is 0. The van der Waals surface area contributed by atoms with Crippen LogP contribution in [-0.2, 0) is 18.0 Å². The number of alkyl halides is 1. The van der Waals surface area contributed by atoms with Crippen molar-refractivity contribution >= 4 is 11.6 Å². The molecule has 2 heteroatoms. The molecule has 1 aromatic carbocycles. The quantitative estimate of drug-likeness (QED) is 0.539. The molecule has 1 heterocycles. The van der Waals surface area contributed by atoms with Gasteiger partial charge in [0, 0.05) is 0 Å². The molecule has 1 aliphatic rings. The minimum Gasteiger partial charge on any atom is -0.372 e. The summed E-state index contributed by atoms with van der Waals surface area (Å²) in [5.41, 5.74) is 3.89. The van der Waals surface area contributed by atoms with E-state index in [2.05, 4.69) is 25.1 Å². The molecule has 88 valence electrons. The highest BCUT2D eigenvalue weighted by molar-refractivity contribution is 6.20. The van der Waals surface area contributed by atoms with Crippen LogP contribution in [0.25, 0.3) is 0 Å². The number of ether oxygens (including phenoxy) is 1. The molecule has 0 spiro atoms. The molecule has 2 rings (SSSR count). The van der Waals surface area contributed by atoms with E-state index in [9.17, 15) is 0 Å². The summed E-state index contributed by atoms with van der Waals surface area (Å²) in [6.45, 7) is 3.73. The van der Waals surface area contributed by atoms with Gasteiger partial charge in [-0.15, -0.1) is 11.6 Å². The maximum Gasteiger partial charge on any atom is 0.0725 e. The average molecular weight is 239 g/mol. The molecule has 0 aliphatic carbocycles. The van der Waals surface area contributed by atoms with Gasteiger partial charge in [0.25, 0.3) is 0 Å². The maximum absolute atomic E-state index is 6.40. The molecule has 0 radical (unpaired) electrons. The zero-order valence-electron chi connectivity index (χ0n) is 9.84. The van der Waals surface area contributed by atoms with E-state index in [-0.39, 0.29) is 5.38 Å². The van der Waals surface area contributed by atoms with E-state index in [1.807, 2.05) is 0 Å². The van der Waals surface area contributed by atoms with Gasteiger partial charge in [-0.05, 0) is 23.1 Å². The first-order valence-electron chi connectivity index (χ1n) is 6.14. The van der Waals surface area contributed by atoms with Crippen molar-refractivity contribution in [2.45, 2.75) is 51.2 Å². The van der Waals surface area contributed by atoms with Crippen molar-refractivity contribution in [3.05, 3.63) is 34.9 Å². The highest BCUT2D eigenvalue weighted by Gasteiger charge is 2.14. The van der Waals surface area contributed by atoms with Crippen molar-refractivity contribution in [1.29, 1.82) is 0 Å². The summed E-state index contributed by atoms with van der Waals surface area (Å²) < 4.78 is 5.41. The number of unbranched alkanes of at least 4 members (excludes halogenated alkanes) is 2. The third-order valence-corrected chi connectivity index (χ3v) is 3.64. The monoisotopic (exact) mass is 238 g/mol. The Morgan fingerprint density at radius 3 is 2.88 bits per heavy atom. The fraction of sp³-hybridized carbons (Fsp3) is 0.571. The molecule has 1 unspecified atom stereocenters. The van der Waals surface area contributed by atoms with Crippen LogP contribution in [0.2, 0.25) is 0 Å². The van der Waals surface area contributed by atoms with Gasteiger partial charge < -0.3 is 4.74 Å². The van der Waals surface area contributed by atoms with Crippen LogP contribution in [0.1, 0.15) is 54.7 Å². The molecular weight excluding hydrogens is 220 g/mol. The standard InChI is InChI=1S/C14H19ClO/c1-2-3-4-5-14(15)11-6-7-12-9-16-10-13(12)8-11/h6-8,14H,2-5,9-10H2,1H3. The van der Waals surface area contributed by atoms with Crippen LogP contribution in [0.4, 0.5) is 0 Å². The van der Waals surface area contributed by atoms with Crippen molar-refractivity contribution in [3.63, 3.8) is 0 Å². The summed E-state index contributed by atoms with van der Waals surface area (Å²) in [7, 11) is 0. The highest BCUT2D eigenvalue weighted by Crippen LogP contribution is 2.30. The Balaban J connectivity index is 1.98. The van der Waals surface area contributed by atoms with E-state index in [4.69, 9.17) is 16.3 Å². The predicted molar refractivity (Wildman–Crippen MR) is 67.7 cm³/mol. The molecule has 1 aromatic rings. The molecular formula is C14H19ClO. The minimum atomic E-state index is 0.164. The number of fused-ring (bicyclic) bond motifs is 1. The second-order valence-corrected chi connectivity index (χ2v) is 5.01. The fourth-order valence-corrected chi connectivity index (χ4v) is 2.42. The van der Waals surface area contributed by atoms with Crippen LogP contribution < -0.4 is 0 Å². The Labute approximate surface area is 103 Å². The lowest BCUT2D eigenvalue weighted by Gasteiger charge is -2.10. The van der Waals surface area contributed by atoms with Gasteiger partial charge in [-0.2, -0.15) is 0 Å². The van der Waals surface area contributed by atoms with Gasteiger partial charge in [-0.3, -0.25) is 0 Å². The van der Waals surface area contributed by atoms with Crippen LogP contribution >= 0.6 is 11.6 Å². The molecule has 1 aliphatic heterocycles. The fourth-order valence-electron chi connectivity index (χ4n) is 2.13. The van der Waals surface area contributed by atoms with E-state index in [0.29, 0.717) is 0 Å². The topological polar surface area (TPSA) is 9.23 Å². The molecule has 0 aromatic heterocycles. The van der Waals surface area contributed by atoms with Gasteiger partial charge in [0.05, 0.1) is 18.6 Å². The Kier molecular flexibility index (Phi) is 4.25. The number of hydrogen-bond acceptors (Lipinski definition) is 1. The first-order chi connectivity index (χ1) is 7.81. The van der Waals surface area contributed by atoms with Crippen molar-refractivity contribution in [1.82, 2.24) is 0 Å². The van der Waals surface area contributed by atoms with E-state index in [0.717, 1.165) is 19.6 Å². The zero-order valence-corrected chi connectivity index (χ0v) is 10.6.